The molecule has 1 amide bonds. The second-order valence-electron chi connectivity index (χ2n) is 5.93. The van der Waals surface area contributed by atoms with Crippen LogP contribution in [-0.4, -0.2) is 47.7 Å². The van der Waals surface area contributed by atoms with Gasteiger partial charge < -0.3 is 19.5 Å². The van der Waals surface area contributed by atoms with Crippen LogP contribution in [-0.2, 0) is 14.8 Å². The summed E-state index contributed by atoms with van der Waals surface area (Å²) >= 11 is 0. The zero-order chi connectivity index (χ0) is 22.5. The first-order valence-corrected chi connectivity index (χ1v) is 10.1. The highest BCUT2D eigenvalue weighted by Gasteiger charge is 2.31. The number of amides is 1. The van der Waals surface area contributed by atoms with E-state index in [4.69, 9.17) is 9.47 Å². The van der Waals surface area contributed by atoms with E-state index in [1.807, 2.05) is 0 Å². The van der Waals surface area contributed by atoms with Crippen molar-refractivity contribution in [3.8, 4) is 17.2 Å². The molecular formula is C18H19F3N2O6S. The van der Waals surface area contributed by atoms with Crippen LogP contribution in [0, 0.1) is 0 Å². The average Bonchev–Trinajstić information content (AvgIpc) is 2.65. The summed E-state index contributed by atoms with van der Waals surface area (Å²) in [6, 6.07) is 8.87. The van der Waals surface area contributed by atoms with Crippen LogP contribution in [0.3, 0.4) is 0 Å². The molecule has 2 rings (SSSR count). The third-order valence-corrected chi connectivity index (χ3v) is 4.84. The Hall–Kier alpha value is -3.15. The van der Waals surface area contributed by atoms with Crippen LogP contribution in [0.2, 0.25) is 0 Å². The first kappa shape index (κ1) is 23.1. The molecule has 30 heavy (non-hydrogen) atoms. The fraction of sp³-hybridized carbons (Fsp3) is 0.278. The van der Waals surface area contributed by atoms with Crippen LogP contribution in [0.4, 0.5) is 24.5 Å². The van der Waals surface area contributed by atoms with Crippen LogP contribution in [0.1, 0.15) is 0 Å². The zero-order valence-electron chi connectivity index (χ0n) is 16.2. The maximum Gasteiger partial charge on any atom is 0.573 e. The zero-order valence-corrected chi connectivity index (χ0v) is 17.0. The molecule has 2 aromatic rings. The molecule has 0 atom stereocenters. The third-order valence-electron chi connectivity index (χ3n) is 3.71. The smallest absolute Gasteiger partial charge is 0.497 e. The van der Waals surface area contributed by atoms with E-state index < -0.39 is 34.6 Å². The summed E-state index contributed by atoms with van der Waals surface area (Å²) in [6.45, 7) is -0.608. The van der Waals surface area contributed by atoms with E-state index in [2.05, 4.69) is 10.1 Å². The standard InChI is InChI=1S/C18H19F3N2O6S/c1-27-14-8-9-16(28-2)15(10-14)23(30(3,25)26)11-17(24)22-12-4-6-13(7-5-12)29-18(19,20)21/h4-10H,11H2,1-3H3,(H,22,24). The highest BCUT2D eigenvalue weighted by molar-refractivity contribution is 7.92. The first-order valence-electron chi connectivity index (χ1n) is 8.28. The molecule has 0 unspecified atom stereocenters. The molecule has 0 saturated heterocycles. The van der Waals surface area contributed by atoms with Crippen molar-refractivity contribution >= 4 is 27.3 Å². The lowest BCUT2D eigenvalue weighted by atomic mass is 10.2. The minimum atomic E-state index is -4.84. The van der Waals surface area contributed by atoms with Crippen LogP contribution in [0.15, 0.2) is 42.5 Å². The molecule has 0 spiro atoms. The lowest BCUT2D eigenvalue weighted by molar-refractivity contribution is -0.274. The Morgan fingerprint density at radius 2 is 1.63 bits per heavy atom. The van der Waals surface area contributed by atoms with Gasteiger partial charge in [-0.1, -0.05) is 0 Å². The van der Waals surface area contributed by atoms with Gasteiger partial charge in [-0.3, -0.25) is 9.10 Å². The van der Waals surface area contributed by atoms with E-state index in [0.717, 1.165) is 22.7 Å². The highest BCUT2D eigenvalue weighted by atomic mass is 32.2. The summed E-state index contributed by atoms with van der Waals surface area (Å²) in [6.07, 6.45) is -3.92. The van der Waals surface area contributed by atoms with Gasteiger partial charge in [-0.2, -0.15) is 0 Å². The van der Waals surface area contributed by atoms with Crippen molar-refractivity contribution in [1.82, 2.24) is 0 Å². The maximum absolute atomic E-state index is 12.4. The van der Waals surface area contributed by atoms with Crippen LogP contribution < -0.4 is 23.8 Å². The molecule has 0 heterocycles. The van der Waals surface area contributed by atoms with Crippen molar-refractivity contribution in [1.29, 1.82) is 0 Å². The second-order valence-corrected chi connectivity index (χ2v) is 7.83. The van der Waals surface area contributed by atoms with Crippen molar-refractivity contribution in [3.63, 3.8) is 0 Å². The molecule has 1 N–H and O–H groups in total. The van der Waals surface area contributed by atoms with Crippen LogP contribution in [0.5, 0.6) is 17.2 Å². The number of benzene rings is 2. The average molecular weight is 448 g/mol. The van der Waals surface area contributed by atoms with E-state index in [1.54, 1.807) is 6.07 Å². The summed E-state index contributed by atoms with van der Waals surface area (Å²) in [5, 5.41) is 2.42. The number of hydrogen-bond acceptors (Lipinski definition) is 6. The summed E-state index contributed by atoms with van der Waals surface area (Å²) < 4.78 is 76.1. The molecule has 12 heteroatoms. The monoisotopic (exact) mass is 448 g/mol. The van der Waals surface area contributed by atoms with Gasteiger partial charge in [0.25, 0.3) is 0 Å². The maximum atomic E-state index is 12.4. The van der Waals surface area contributed by atoms with Gasteiger partial charge >= 0.3 is 6.36 Å². The fourth-order valence-corrected chi connectivity index (χ4v) is 3.30. The Morgan fingerprint density at radius 3 is 2.13 bits per heavy atom. The number of carbonyl (C=O) groups excluding carboxylic acids is 1. The molecule has 8 nitrogen and oxygen atoms in total. The molecule has 0 radical (unpaired) electrons. The number of sulfonamides is 1. The largest absolute Gasteiger partial charge is 0.573 e. The molecule has 0 saturated carbocycles. The molecule has 0 aliphatic heterocycles. The van der Waals surface area contributed by atoms with E-state index >= 15 is 0 Å². The van der Waals surface area contributed by atoms with Crippen molar-refractivity contribution in [2.45, 2.75) is 6.36 Å². The number of alkyl halides is 3. The predicted molar refractivity (Wildman–Crippen MR) is 103 cm³/mol. The summed E-state index contributed by atoms with van der Waals surface area (Å²) in [5.74, 6) is -0.642. The van der Waals surface area contributed by atoms with Gasteiger partial charge in [0.1, 0.15) is 23.8 Å². The van der Waals surface area contributed by atoms with Gasteiger partial charge in [0.15, 0.2) is 0 Å². The Morgan fingerprint density at radius 1 is 1.03 bits per heavy atom. The molecular weight excluding hydrogens is 429 g/mol. The SMILES string of the molecule is COc1ccc(OC)c(N(CC(=O)Nc2ccc(OC(F)(F)F)cc2)S(C)(=O)=O)c1. The Kier molecular flexibility index (Phi) is 7.03. The van der Waals surface area contributed by atoms with Gasteiger partial charge in [-0.15, -0.1) is 13.2 Å². The third kappa shape index (κ3) is 6.44. The Bertz CT molecular complexity index is 994. The number of hydrogen-bond donors (Lipinski definition) is 1. The van der Waals surface area contributed by atoms with Gasteiger partial charge in [0, 0.05) is 11.8 Å². The molecule has 0 aliphatic rings. The van der Waals surface area contributed by atoms with Crippen molar-refractivity contribution < 1.29 is 40.6 Å². The first-order chi connectivity index (χ1) is 13.9. The molecule has 0 fully saturated rings. The van der Waals surface area contributed by atoms with E-state index in [1.165, 1.54) is 38.5 Å². The fourth-order valence-electron chi connectivity index (χ4n) is 2.44. The van der Waals surface area contributed by atoms with Crippen LogP contribution in [0.25, 0.3) is 0 Å². The quantitative estimate of drug-likeness (QED) is 0.667. The van der Waals surface area contributed by atoms with Crippen molar-refractivity contribution in [3.05, 3.63) is 42.5 Å². The number of methoxy groups -OCH3 is 2. The molecule has 0 bridgehead atoms. The molecule has 164 valence electrons. The molecule has 0 aliphatic carbocycles. The molecule has 2 aromatic carbocycles. The number of nitrogens with zero attached hydrogens (tertiary/aromatic N) is 1. The number of anilines is 2. The summed E-state index contributed by atoms with van der Waals surface area (Å²) in [5.41, 5.74) is 0.240. The predicted octanol–water partition coefficient (Wildman–Crippen LogP) is 3.01. The highest BCUT2D eigenvalue weighted by Crippen LogP contribution is 2.33. The Balaban J connectivity index is 2.21. The number of halogens is 3. The van der Waals surface area contributed by atoms with Gasteiger partial charge in [-0.05, 0) is 36.4 Å². The number of nitrogens with one attached hydrogen (secondary N) is 1. The minimum Gasteiger partial charge on any atom is -0.497 e. The van der Waals surface area contributed by atoms with Gasteiger partial charge in [0.05, 0.1) is 26.2 Å². The normalized spacial score (nSPS) is 11.5. The van der Waals surface area contributed by atoms with Crippen molar-refractivity contribution in [2.24, 2.45) is 0 Å². The summed E-state index contributed by atoms with van der Waals surface area (Å²) in [4.78, 5) is 12.4. The van der Waals surface area contributed by atoms with E-state index in [-0.39, 0.29) is 17.1 Å². The van der Waals surface area contributed by atoms with Gasteiger partial charge in [-0.25, -0.2) is 8.42 Å². The number of ether oxygens (including phenoxy) is 3. The lowest BCUT2D eigenvalue weighted by Gasteiger charge is -2.24. The summed E-state index contributed by atoms with van der Waals surface area (Å²) in [7, 11) is -1.16. The second kappa shape index (κ2) is 9.11. The molecule has 0 aromatic heterocycles. The van der Waals surface area contributed by atoms with E-state index in [9.17, 15) is 26.4 Å². The van der Waals surface area contributed by atoms with Crippen molar-refractivity contribution in [2.75, 3.05) is 36.6 Å². The topological polar surface area (TPSA) is 94.2 Å². The number of carbonyl (C=O) groups is 1. The van der Waals surface area contributed by atoms with Gasteiger partial charge in [0.2, 0.25) is 15.9 Å². The Labute approximate surface area is 171 Å². The number of rotatable bonds is 8. The lowest BCUT2D eigenvalue weighted by Crippen LogP contribution is -2.37. The minimum absolute atomic E-state index is 0.0865. The van der Waals surface area contributed by atoms with E-state index in [0.29, 0.717) is 5.75 Å². The van der Waals surface area contributed by atoms with Crippen LogP contribution >= 0.6 is 0 Å².